The molecule has 0 aliphatic rings. The molecule has 0 atom stereocenters. The average Bonchev–Trinajstić information content (AvgIpc) is 2.37. The Kier molecular flexibility index (Phi) is 7.43. The number of nitrogens with one attached hydrogen (secondary N) is 1. The summed E-state index contributed by atoms with van der Waals surface area (Å²) in [6.45, 7) is 5.60. The van der Waals surface area contributed by atoms with Gasteiger partial charge >= 0.3 is 0 Å². The molecule has 3 heteroatoms. The molecule has 0 radical (unpaired) electrons. The molecule has 96 valence electrons. The Hall–Kier alpha value is -1.06. The van der Waals surface area contributed by atoms with Crippen molar-refractivity contribution in [3.63, 3.8) is 0 Å². The third kappa shape index (κ3) is 6.29. The Bertz CT molecular complexity index is 302. The highest BCUT2D eigenvalue weighted by molar-refractivity contribution is 5.28. The van der Waals surface area contributed by atoms with Crippen molar-refractivity contribution >= 4 is 0 Å². The molecule has 0 unspecified atom stereocenters. The van der Waals surface area contributed by atoms with Crippen LogP contribution in [0.1, 0.15) is 31.7 Å². The second-order valence-electron chi connectivity index (χ2n) is 4.17. The second-order valence-corrected chi connectivity index (χ2v) is 4.17. The van der Waals surface area contributed by atoms with Crippen LogP contribution < -0.4 is 15.8 Å². The van der Waals surface area contributed by atoms with Crippen molar-refractivity contribution in [2.45, 2.75) is 32.7 Å². The molecule has 0 spiro atoms. The van der Waals surface area contributed by atoms with E-state index in [0.29, 0.717) is 0 Å². The Morgan fingerprint density at radius 3 is 2.94 bits per heavy atom. The van der Waals surface area contributed by atoms with Crippen LogP contribution in [0, 0.1) is 0 Å². The molecular weight excluding hydrogens is 212 g/mol. The fourth-order valence-corrected chi connectivity index (χ4v) is 1.59. The highest BCUT2D eigenvalue weighted by atomic mass is 16.5. The topological polar surface area (TPSA) is 47.3 Å². The molecule has 3 nitrogen and oxygen atoms in total. The number of unbranched alkanes of at least 4 members (excludes halogenated alkanes) is 1. The lowest BCUT2D eigenvalue weighted by Crippen LogP contribution is -2.15. The maximum atomic E-state index is 5.60. The summed E-state index contributed by atoms with van der Waals surface area (Å²) in [7, 11) is 0. The minimum Gasteiger partial charge on any atom is -0.494 e. The zero-order valence-corrected chi connectivity index (χ0v) is 10.7. The predicted molar refractivity (Wildman–Crippen MR) is 72.2 cm³/mol. The lowest BCUT2D eigenvalue weighted by Gasteiger charge is -2.08. The first kappa shape index (κ1) is 14.0. The first-order chi connectivity index (χ1) is 8.36. The Balaban J connectivity index is 2.27. The summed E-state index contributed by atoms with van der Waals surface area (Å²) >= 11 is 0. The molecule has 0 aromatic heterocycles. The van der Waals surface area contributed by atoms with Gasteiger partial charge in [0.25, 0.3) is 0 Å². The van der Waals surface area contributed by atoms with Crippen molar-refractivity contribution in [1.29, 1.82) is 0 Å². The zero-order chi connectivity index (χ0) is 12.3. The maximum absolute atomic E-state index is 5.60. The van der Waals surface area contributed by atoms with E-state index in [1.54, 1.807) is 0 Å². The van der Waals surface area contributed by atoms with E-state index in [-0.39, 0.29) is 0 Å². The van der Waals surface area contributed by atoms with Crippen molar-refractivity contribution in [3.8, 4) is 5.75 Å². The van der Waals surface area contributed by atoms with Crippen molar-refractivity contribution in [2.75, 3.05) is 19.7 Å². The first-order valence-corrected chi connectivity index (χ1v) is 6.49. The highest BCUT2D eigenvalue weighted by Gasteiger charge is 1.96. The van der Waals surface area contributed by atoms with Crippen LogP contribution in [0.3, 0.4) is 0 Å². The van der Waals surface area contributed by atoms with Crippen LogP contribution in [0.15, 0.2) is 24.3 Å². The Morgan fingerprint density at radius 2 is 2.18 bits per heavy atom. The minimum absolute atomic E-state index is 0.780. The summed E-state index contributed by atoms with van der Waals surface area (Å²) in [5.74, 6) is 0.966. The third-order valence-electron chi connectivity index (χ3n) is 2.51. The van der Waals surface area contributed by atoms with E-state index >= 15 is 0 Å². The van der Waals surface area contributed by atoms with Gasteiger partial charge in [0.1, 0.15) is 5.75 Å². The van der Waals surface area contributed by atoms with Crippen molar-refractivity contribution in [3.05, 3.63) is 29.8 Å². The van der Waals surface area contributed by atoms with E-state index in [9.17, 15) is 0 Å². The molecule has 1 aromatic carbocycles. The summed E-state index contributed by atoms with van der Waals surface area (Å²) in [4.78, 5) is 0. The summed E-state index contributed by atoms with van der Waals surface area (Å²) in [6, 6.07) is 8.27. The molecule has 0 aliphatic carbocycles. The largest absolute Gasteiger partial charge is 0.494 e. The number of hydrogen-bond acceptors (Lipinski definition) is 3. The van der Waals surface area contributed by atoms with E-state index in [1.807, 2.05) is 12.1 Å². The standard InChI is InChI=1S/C14H24N2O/c1-2-10-17-14-7-5-6-13(11-14)12-16-9-4-3-8-15/h5-7,11,16H,2-4,8-10,12,15H2,1H3. The Morgan fingerprint density at radius 1 is 1.29 bits per heavy atom. The smallest absolute Gasteiger partial charge is 0.119 e. The van der Waals surface area contributed by atoms with Crippen molar-refractivity contribution < 1.29 is 4.74 Å². The van der Waals surface area contributed by atoms with Gasteiger partial charge in [0.15, 0.2) is 0 Å². The number of nitrogens with two attached hydrogens (primary N) is 1. The number of hydrogen-bond donors (Lipinski definition) is 2. The van der Waals surface area contributed by atoms with Gasteiger partial charge in [0.05, 0.1) is 6.61 Å². The van der Waals surface area contributed by atoms with Crippen molar-refractivity contribution in [2.24, 2.45) is 5.73 Å². The lowest BCUT2D eigenvalue weighted by atomic mass is 10.2. The molecular formula is C14H24N2O. The van der Waals surface area contributed by atoms with Gasteiger partial charge in [-0.2, -0.15) is 0 Å². The molecule has 0 amide bonds. The molecule has 0 heterocycles. The van der Waals surface area contributed by atoms with Crippen LogP contribution in [0.25, 0.3) is 0 Å². The van der Waals surface area contributed by atoms with Gasteiger partial charge in [0.2, 0.25) is 0 Å². The summed E-state index contributed by atoms with van der Waals surface area (Å²) in [5.41, 5.74) is 6.71. The molecule has 17 heavy (non-hydrogen) atoms. The van der Waals surface area contributed by atoms with E-state index in [1.165, 1.54) is 5.56 Å². The lowest BCUT2D eigenvalue weighted by molar-refractivity contribution is 0.317. The number of benzene rings is 1. The van der Waals surface area contributed by atoms with Crippen molar-refractivity contribution in [1.82, 2.24) is 5.32 Å². The molecule has 0 aliphatic heterocycles. The van der Waals surface area contributed by atoms with E-state index in [0.717, 1.165) is 51.3 Å². The van der Waals surface area contributed by atoms with Gasteiger partial charge in [-0.1, -0.05) is 19.1 Å². The van der Waals surface area contributed by atoms with E-state index in [2.05, 4.69) is 24.4 Å². The Labute approximate surface area is 104 Å². The van der Waals surface area contributed by atoms with Crippen LogP contribution in [0.2, 0.25) is 0 Å². The first-order valence-electron chi connectivity index (χ1n) is 6.49. The molecule has 1 rings (SSSR count). The molecule has 0 saturated carbocycles. The highest BCUT2D eigenvalue weighted by Crippen LogP contribution is 2.13. The van der Waals surface area contributed by atoms with E-state index < -0.39 is 0 Å². The third-order valence-corrected chi connectivity index (χ3v) is 2.51. The molecule has 3 N–H and O–H groups in total. The van der Waals surface area contributed by atoms with Crippen LogP contribution in [0.4, 0.5) is 0 Å². The fraction of sp³-hybridized carbons (Fsp3) is 0.571. The second kappa shape index (κ2) is 9.02. The van der Waals surface area contributed by atoms with Gasteiger partial charge in [0, 0.05) is 6.54 Å². The van der Waals surface area contributed by atoms with Crippen LogP contribution in [-0.2, 0) is 6.54 Å². The fourth-order valence-electron chi connectivity index (χ4n) is 1.59. The zero-order valence-electron chi connectivity index (χ0n) is 10.7. The monoisotopic (exact) mass is 236 g/mol. The summed E-state index contributed by atoms with van der Waals surface area (Å²) in [5, 5.41) is 3.41. The molecule has 0 saturated heterocycles. The van der Waals surface area contributed by atoms with Gasteiger partial charge < -0.3 is 15.8 Å². The normalized spacial score (nSPS) is 10.5. The van der Waals surface area contributed by atoms with Crippen LogP contribution in [0.5, 0.6) is 5.75 Å². The van der Waals surface area contributed by atoms with Crippen LogP contribution in [-0.4, -0.2) is 19.7 Å². The van der Waals surface area contributed by atoms with Crippen LogP contribution >= 0.6 is 0 Å². The SMILES string of the molecule is CCCOc1cccc(CNCCCCN)c1. The molecule has 0 bridgehead atoms. The van der Waals surface area contributed by atoms with Gasteiger partial charge in [-0.25, -0.2) is 0 Å². The molecule has 0 fully saturated rings. The summed E-state index contributed by atoms with van der Waals surface area (Å²) < 4.78 is 5.60. The van der Waals surface area contributed by atoms with Gasteiger partial charge in [-0.05, 0) is 50.0 Å². The predicted octanol–water partition coefficient (Wildman–Crippen LogP) is 2.30. The number of rotatable bonds is 9. The number of ether oxygens (including phenoxy) is 1. The summed E-state index contributed by atoms with van der Waals surface area (Å²) in [6.07, 6.45) is 3.27. The van der Waals surface area contributed by atoms with E-state index in [4.69, 9.17) is 10.5 Å². The minimum atomic E-state index is 0.780. The van der Waals surface area contributed by atoms with Gasteiger partial charge in [-0.3, -0.25) is 0 Å². The maximum Gasteiger partial charge on any atom is 0.119 e. The van der Waals surface area contributed by atoms with Gasteiger partial charge in [-0.15, -0.1) is 0 Å². The quantitative estimate of drug-likeness (QED) is 0.647. The molecule has 1 aromatic rings. The average molecular weight is 236 g/mol.